The second-order valence-electron chi connectivity index (χ2n) is 8.90. The maximum absolute atomic E-state index is 13.7. The van der Waals surface area contributed by atoms with E-state index in [1.807, 2.05) is 13.0 Å². The van der Waals surface area contributed by atoms with Crippen LogP contribution in [-0.2, 0) is 0 Å². The lowest BCUT2D eigenvalue weighted by Crippen LogP contribution is -2.26. The molecule has 5 rings (SSSR count). The number of carbonyl (C=O) groups is 1. The van der Waals surface area contributed by atoms with Crippen molar-refractivity contribution in [3.8, 4) is 22.9 Å². The summed E-state index contributed by atoms with van der Waals surface area (Å²) in [6, 6.07) is 12.4. The predicted octanol–water partition coefficient (Wildman–Crippen LogP) is 5.89. The summed E-state index contributed by atoms with van der Waals surface area (Å²) >= 11 is 0. The largest absolute Gasteiger partial charge is 0.437 e. The van der Waals surface area contributed by atoms with Crippen LogP contribution in [0.15, 0.2) is 54.7 Å². The average molecular weight is 513 g/mol. The van der Waals surface area contributed by atoms with Crippen LogP contribution in [0.1, 0.15) is 35.2 Å². The van der Waals surface area contributed by atoms with Gasteiger partial charge >= 0.3 is 6.18 Å². The monoisotopic (exact) mass is 513 g/mol. The molecule has 4 aromatic rings. The topological polar surface area (TPSA) is 80.6 Å². The number of hydrogen-bond acceptors (Lipinski definition) is 5. The Labute approximate surface area is 209 Å². The number of carbonyl (C=O) groups excluding carboxylic acids is 1. The van der Waals surface area contributed by atoms with Gasteiger partial charge in [-0.2, -0.15) is 13.2 Å². The number of nitrogens with one attached hydrogen (secondary N) is 2. The molecule has 2 heterocycles. The summed E-state index contributed by atoms with van der Waals surface area (Å²) in [6.07, 6.45) is -1.87. The van der Waals surface area contributed by atoms with Crippen molar-refractivity contribution in [2.24, 2.45) is 0 Å². The molecule has 1 aliphatic carbocycles. The fraction of sp³-hybridized carbons (Fsp3) is 0.269. The van der Waals surface area contributed by atoms with Crippen LogP contribution in [0.5, 0.6) is 11.6 Å². The second kappa shape index (κ2) is 9.72. The number of benzene rings is 2. The number of nitrogens with zero attached hydrogens (tertiary/aromatic N) is 3. The van der Waals surface area contributed by atoms with E-state index in [9.17, 15) is 22.4 Å². The fourth-order valence-electron chi connectivity index (χ4n) is 3.88. The quantitative estimate of drug-likeness (QED) is 0.287. The number of fused-ring (bicyclic) bond motifs is 1. The maximum atomic E-state index is 13.7. The highest BCUT2D eigenvalue weighted by Crippen LogP contribution is 2.31. The molecule has 0 unspecified atom stereocenters. The first kappa shape index (κ1) is 24.5. The SMILES string of the molecule is Cc1cc(-c2cnc3c(NCCC(F)(F)F)cc(Oc4cccc(F)c4)nn23)ccc1C(=O)NC1CC1. The molecule has 1 amide bonds. The van der Waals surface area contributed by atoms with Crippen molar-refractivity contribution >= 4 is 17.2 Å². The van der Waals surface area contributed by atoms with E-state index in [0.29, 0.717) is 16.8 Å². The number of rotatable bonds is 8. The van der Waals surface area contributed by atoms with E-state index < -0.39 is 18.4 Å². The molecule has 2 N–H and O–H groups in total. The van der Waals surface area contributed by atoms with Gasteiger partial charge in [-0.05, 0) is 49.6 Å². The van der Waals surface area contributed by atoms with Crippen LogP contribution in [-0.4, -0.2) is 39.3 Å². The van der Waals surface area contributed by atoms with Gasteiger partial charge in [0.2, 0.25) is 5.88 Å². The van der Waals surface area contributed by atoms with Crippen molar-refractivity contribution in [2.45, 2.75) is 38.4 Å². The number of ether oxygens (including phenoxy) is 1. The maximum Gasteiger partial charge on any atom is 0.390 e. The van der Waals surface area contributed by atoms with E-state index in [2.05, 4.69) is 20.7 Å². The molecule has 0 spiro atoms. The third kappa shape index (κ3) is 5.82. The third-order valence-electron chi connectivity index (χ3n) is 5.87. The van der Waals surface area contributed by atoms with Crippen molar-refractivity contribution in [1.29, 1.82) is 0 Å². The number of alkyl halides is 3. The van der Waals surface area contributed by atoms with Crippen molar-refractivity contribution in [2.75, 3.05) is 11.9 Å². The lowest BCUT2D eigenvalue weighted by Gasteiger charge is -2.13. The van der Waals surface area contributed by atoms with Gasteiger partial charge in [0, 0.05) is 35.8 Å². The highest BCUT2D eigenvalue weighted by Gasteiger charge is 2.27. The smallest absolute Gasteiger partial charge is 0.390 e. The van der Waals surface area contributed by atoms with Crippen molar-refractivity contribution in [3.05, 3.63) is 71.7 Å². The predicted molar refractivity (Wildman–Crippen MR) is 129 cm³/mol. The molecule has 192 valence electrons. The van der Waals surface area contributed by atoms with E-state index in [1.54, 1.807) is 18.3 Å². The summed E-state index contributed by atoms with van der Waals surface area (Å²) in [6.45, 7) is 1.44. The molecule has 0 radical (unpaired) electrons. The van der Waals surface area contributed by atoms with Crippen LogP contribution in [0.3, 0.4) is 0 Å². The molecule has 0 aliphatic heterocycles. The van der Waals surface area contributed by atoms with E-state index in [1.165, 1.54) is 34.8 Å². The molecule has 1 fully saturated rings. The van der Waals surface area contributed by atoms with E-state index in [0.717, 1.165) is 18.4 Å². The van der Waals surface area contributed by atoms with Crippen molar-refractivity contribution < 1.29 is 27.1 Å². The number of halogens is 4. The first-order chi connectivity index (χ1) is 17.7. The zero-order valence-corrected chi connectivity index (χ0v) is 19.8. The standard InChI is InChI=1S/C26H23F4N5O2/c1-15-11-16(5-8-20(15)25(36)33-18-6-7-18)22-14-32-24-21(31-10-9-26(28,29)30)13-23(34-35(22)24)37-19-4-2-3-17(27)12-19/h2-5,8,11-14,18,31H,6-7,9-10H2,1H3,(H,33,36). The average Bonchev–Trinajstić information content (AvgIpc) is 3.53. The van der Waals surface area contributed by atoms with Gasteiger partial charge in [0.25, 0.3) is 5.91 Å². The highest BCUT2D eigenvalue weighted by atomic mass is 19.4. The zero-order chi connectivity index (χ0) is 26.2. The van der Waals surface area contributed by atoms with Crippen LogP contribution in [0.2, 0.25) is 0 Å². The molecule has 0 atom stereocenters. The van der Waals surface area contributed by atoms with Gasteiger partial charge in [-0.25, -0.2) is 13.9 Å². The molecule has 2 aromatic carbocycles. The zero-order valence-electron chi connectivity index (χ0n) is 19.8. The van der Waals surface area contributed by atoms with Crippen LogP contribution in [0, 0.1) is 12.7 Å². The van der Waals surface area contributed by atoms with Gasteiger partial charge in [-0.3, -0.25) is 4.79 Å². The number of aryl methyl sites for hydroxylation is 1. The molecular formula is C26H23F4N5O2. The van der Waals surface area contributed by atoms with Gasteiger partial charge < -0.3 is 15.4 Å². The van der Waals surface area contributed by atoms with Crippen molar-refractivity contribution in [1.82, 2.24) is 19.9 Å². The molecular weight excluding hydrogens is 490 g/mol. The Bertz CT molecular complexity index is 1460. The fourth-order valence-corrected chi connectivity index (χ4v) is 3.88. The molecule has 0 saturated heterocycles. The van der Waals surface area contributed by atoms with Crippen LogP contribution < -0.4 is 15.4 Å². The number of hydrogen-bond donors (Lipinski definition) is 2. The minimum Gasteiger partial charge on any atom is -0.437 e. The highest BCUT2D eigenvalue weighted by molar-refractivity contribution is 5.96. The summed E-state index contributed by atoms with van der Waals surface area (Å²) in [4.78, 5) is 16.9. The second-order valence-corrected chi connectivity index (χ2v) is 8.90. The molecule has 1 saturated carbocycles. The summed E-state index contributed by atoms with van der Waals surface area (Å²) in [5.74, 6) is -0.433. The molecule has 0 bridgehead atoms. The van der Waals surface area contributed by atoms with Gasteiger partial charge in [0.05, 0.1) is 24.0 Å². The molecule has 2 aromatic heterocycles. The lowest BCUT2D eigenvalue weighted by molar-refractivity contribution is -0.131. The van der Waals surface area contributed by atoms with E-state index >= 15 is 0 Å². The molecule has 7 nitrogen and oxygen atoms in total. The van der Waals surface area contributed by atoms with Gasteiger partial charge in [0.1, 0.15) is 11.6 Å². The third-order valence-corrected chi connectivity index (χ3v) is 5.87. The number of imidazole rings is 1. The normalized spacial score (nSPS) is 13.5. The van der Waals surface area contributed by atoms with Crippen molar-refractivity contribution in [3.63, 3.8) is 0 Å². The number of amides is 1. The van der Waals surface area contributed by atoms with Crippen LogP contribution >= 0.6 is 0 Å². The minimum atomic E-state index is -4.33. The Morgan fingerprint density at radius 3 is 2.68 bits per heavy atom. The Kier molecular flexibility index (Phi) is 6.45. The lowest BCUT2D eigenvalue weighted by atomic mass is 10.0. The first-order valence-electron chi connectivity index (χ1n) is 11.7. The van der Waals surface area contributed by atoms with Gasteiger partial charge in [-0.15, -0.1) is 5.10 Å². The Hall–Kier alpha value is -4.15. The Balaban J connectivity index is 1.51. The van der Waals surface area contributed by atoms with Crippen LogP contribution in [0.25, 0.3) is 16.9 Å². The summed E-state index contributed by atoms with van der Waals surface area (Å²) in [5, 5.41) is 10.2. The summed E-state index contributed by atoms with van der Waals surface area (Å²) in [7, 11) is 0. The van der Waals surface area contributed by atoms with Gasteiger partial charge in [-0.1, -0.05) is 12.1 Å². The van der Waals surface area contributed by atoms with E-state index in [-0.39, 0.29) is 41.5 Å². The Morgan fingerprint density at radius 1 is 1.16 bits per heavy atom. The molecule has 1 aliphatic rings. The molecule has 37 heavy (non-hydrogen) atoms. The first-order valence-corrected chi connectivity index (χ1v) is 11.7. The van der Waals surface area contributed by atoms with E-state index in [4.69, 9.17) is 4.74 Å². The molecule has 11 heteroatoms. The number of aromatic nitrogens is 3. The van der Waals surface area contributed by atoms with Crippen LogP contribution in [0.4, 0.5) is 23.2 Å². The van der Waals surface area contributed by atoms with Gasteiger partial charge in [0.15, 0.2) is 5.65 Å². The number of anilines is 1. The Morgan fingerprint density at radius 2 is 1.97 bits per heavy atom. The minimum absolute atomic E-state index is 0.0315. The summed E-state index contributed by atoms with van der Waals surface area (Å²) in [5.41, 5.74) is 3.11. The summed E-state index contributed by atoms with van der Waals surface area (Å²) < 4.78 is 59.0.